The molecule has 0 spiro atoms. The molecule has 2 nitrogen and oxygen atoms in total. The van der Waals surface area contributed by atoms with Crippen LogP contribution in [0.4, 0.5) is 0 Å². The average Bonchev–Trinajstić information content (AvgIpc) is 2.79. The van der Waals surface area contributed by atoms with Crippen LogP contribution in [0.15, 0.2) is 0 Å². The number of nitrogens with one attached hydrogen (secondary N) is 1. The van der Waals surface area contributed by atoms with Gasteiger partial charge >= 0.3 is 0 Å². The van der Waals surface area contributed by atoms with E-state index in [1.165, 1.54) is 38.5 Å². The minimum atomic E-state index is 0.554. The lowest BCUT2D eigenvalue weighted by molar-refractivity contribution is 0.0987. The van der Waals surface area contributed by atoms with Crippen LogP contribution in [0.1, 0.15) is 59.3 Å². The number of ether oxygens (including phenoxy) is 1. The highest BCUT2D eigenvalue weighted by Crippen LogP contribution is 2.20. The van der Waals surface area contributed by atoms with Gasteiger partial charge in [-0.15, -0.1) is 0 Å². The molecule has 16 heavy (non-hydrogen) atoms. The minimum Gasteiger partial charge on any atom is -0.378 e. The van der Waals surface area contributed by atoms with E-state index in [1.807, 2.05) is 0 Å². The Kier molecular flexibility index (Phi) is 7.06. The Labute approximate surface area is 101 Å². The number of rotatable bonds is 8. The van der Waals surface area contributed by atoms with Crippen molar-refractivity contribution in [2.75, 3.05) is 13.2 Å². The molecule has 0 bridgehead atoms. The second-order valence-corrected chi connectivity index (χ2v) is 5.22. The highest BCUT2D eigenvalue weighted by atomic mass is 16.5. The lowest BCUT2D eigenvalue weighted by atomic mass is 9.95. The summed E-state index contributed by atoms with van der Waals surface area (Å²) in [6.07, 6.45) is 8.23. The van der Waals surface area contributed by atoms with Crippen LogP contribution in [0.5, 0.6) is 0 Å². The van der Waals surface area contributed by atoms with Crippen LogP contribution >= 0.6 is 0 Å². The van der Waals surface area contributed by atoms with Gasteiger partial charge in [0.2, 0.25) is 0 Å². The molecule has 96 valence electrons. The molecule has 0 aromatic heterocycles. The maximum atomic E-state index is 5.69. The first-order chi connectivity index (χ1) is 7.76. The summed E-state index contributed by atoms with van der Waals surface area (Å²) in [4.78, 5) is 0. The zero-order chi connectivity index (χ0) is 11.8. The first-order valence-corrected chi connectivity index (χ1v) is 7.11. The predicted molar refractivity (Wildman–Crippen MR) is 69.7 cm³/mol. The fourth-order valence-corrected chi connectivity index (χ4v) is 2.50. The summed E-state index contributed by atoms with van der Waals surface area (Å²) in [7, 11) is 0. The summed E-state index contributed by atoms with van der Waals surface area (Å²) in [6, 6.07) is 0.698. The number of hydrogen-bond donors (Lipinski definition) is 1. The monoisotopic (exact) mass is 227 g/mol. The minimum absolute atomic E-state index is 0.554. The van der Waals surface area contributed by atoms with E-state index in [0.29, 0.717) is 12.1 Å². The smallest absolute Gasteiger partial charge is 0.0576 e. The third-order valence-electron chi connectivity index (χ3n) is 3.74. The van der Waals surface area contributed by atoms with E-state index in [9.17, 15) is 0 Å². The average molecular weight is 227 g/mol. The molecule has 0 aromatic rings. The summed E-state index contributed by atoms with van der Waals surface area (Å²) in [5, 5.41) is 3.62. The summed E-state index contributed by atoms with van der Waals surface area (Å²) in [5.41, 5.74) is 0. The molecule has 3 unspecified atom stereocenters. The maximum Gasteiger partial charge on any atom is 0.0576 e. The first-order valence-electron chi connectivity index (χ1n) is 7.11. The van der Waals surface area contributed by atoms with Crippen LogP contribution in [0.2, 0.25) is 0 Å². The van der Waals surface area contributed by atoms with Gasteiger partial charge in [0.1, 0.15) is 0 Å². The Hall–Kier alpha value is -0.0800. The van der Waals surface area contributed by atoms with Crippen LogP contribution < -0.4 is 5.32 Å². The van der Waals surface area contributed by atoms with E-state index in [4.69, 9.17) is 4.74 Å². The van der Waals surface area contributed by atoms with Crippen molar-refractivity contribution in [2.24, 2.45) is 5.92 Å². The van der Waals surface area contributed by atoms with Gasteiger partial charge in [-0.2, -0.15) is 0 Å². The SMILES string of the molecule is CCNC(CCC1CCCO1)CC(C)CC. The third kappa shape index (κ3) is 5.31. The zero-order valence-corrected chi connectivity index (χ0v) is 11.3. The van der Waals surface area contributed by atoms with Gasteiger partial charge in [-0.3, -0.25) is 0 Å². The summed E-state index contributed by atoms with van der Waals surface area (Å²) < 4.78 is 5.69. The quantitative estimate of drug-likeness (QED) is 0.686. The molecule has 1 N–H and O–H groups in total. The van der Waals surface area contributed by atoms with Crippen LogP contribution in [0.25, 0.3) is 0 Å². The maximum absolute atomic E-state index is 5.69. The third-order valence-corrected chi connectivity index (χ3v) is 3.74. The van der Waals surface area contributed by atoms with Gasteiger partial charge in [0, 0.05) is 12.6 Å². The number of hydrogen-bond acceptors (Lipinski definition) is 2. The van der Waals surface area contributed by atoms with Crippen molar-refractivity contribution in [3.05, 3.63) is 0 Å². The van der Waals surface area contributed by atoms with E-state index in [0.717, 1.165) is 19.1 Å². The van der Waals surface area contributed by atoms with Crippen molar-refractivity contribution in [2.45, 2.75) is 71.4 Å². The molecule has 1 saturated heterocycles. The highest BCUT2D eigenvalue weighted by Gasteiger charge is 2.18. The second kappa shape index (κ2) is 8.08. The van der Waals surface area contributed by atoms with Gasteiger partial charge in [-0.05, 0) is 44.6 Å². The lowest BCUT2D eigenvalue weighted by Crippen LogP contribution is -2.31. The Morgan fingerprint density at radius 3 is 2.75 bits per heavy atom. The Balaban J connectivity index is 2.20. The molecule has 3 atom stereocenters. The van der Waals surface area contributed by atoms with Crippen molar-refractivity contribution in [3.63, 3.8) is 0 Å². The van der Waals surface area contributed by atoms with Crippen LogP contribution in [0.3, 0.4) is 0 Å². The topological polar surface area (TPSA) is 21.3 Å². The van der Waals surface area contributed by atoms with E-state index < -0.39 is 0 Å². The normalized spacial score (nSPS) is 24.6. The molecule has 0 radical (unpaired) electrons. The second-order valence-electron chi connectivity index (χ2n) is 5.22. The highest BCUT2D eigenvalue weighted by molar-refractivity contribution is 4.73. The van der Waals surface area contributed by atoms with Crippen LogP contribution in [-0.4, -0.2) is 25.3 Å². The van der Waals surface area contributed by atoms with E-state index in [-0.39, 0.29) is 0 Å². The lowest BCUT2D eigenvalue weighted by Gasteiger charge is -2.22. The molecule has 0 amide bonds. The van der Waals surface area contributed by atoms with E-state index in [2.05, 4.69) is 26.1 Å². The van der Waals surface area contributed by atoms with Gasteiger partial charge in [0.15, 0.2) is 0 Å². The molecule has 1 heterocycles. The molecule has 0 aliphatic carbocycles. The molecule has 0 saturated carbocycles. The van der Waals surface area contributed by atoms with Gasteiger partial charge in [-0.25, -0.2) is 0 Å². The summed E-state index contributed by atoms with van der Waals surface area (Å²) in [6.45, 7) is 8.92. The van der Waals surface area contributed by atoms with Gasteiger partial charge in [0.05, 0.1) is 6.10 Å². The van der Waals surface area contributed by atoms with Gasteiger partial charge in [-0.1, -0.05) is 27.2 Å². The first kappa shape index (κ1) is 14.0. The van der Waals surface area contributed by atoms with Crippen molar-refractivity contribution >= 4 is 0 Å². The van der Waals surface area contributed by atoms with Crippen molar-refractivity contribution in [1.82, 2.24) is 5.32 Å². The fourth-order valence-electron chi connectivity index (χ4n) is 2.50. The summed E-state index contributed by atoms with van der Waals surface area (Å²) >= 11 is 0. The molecule has 1 rings (SSSR count). The van der Waals surface area contributed by atoms with Crippen molar-refractivity contribution in [3.8, 4) is 0 Å². The van der Waals surface area contributed by atoms with Gasteiger partial charge < -0.3 is 10.1 Å². The largest absolute Gasteiger partial charge is 0.378 e. The Bertz CT molecular complexity index is 166. The van der Waals surface area contributed by atoms with Crippen LogP contribution in [-0.2, 0) is 4.74 Å². The molecular weight excluding hydrogens is 198 g/mol. The molecular formula is C14H29NO. The fraction of sp³-hybridized carbons (Fsp3) is 1.00. The standard InChI is InChI=1S/C14H29NO/c1-4-12(3)11-13(15-5-2)8-9-14-7-6-10-16-14/h12-15H,4-11H2,1-3H3. The molecule has 0 aromatic carbocycles. The molecule has 1 aliphatic rings. The molecule has 1 aliphatic heterocycles. The van der Waals surface area contributed by atoms with Crippen molar-refractivity contribution in [1.29, 1.82) is 0 Å². The Morgan fingerprint density at radius 2 is 2.19 bits per heavy atom. The van der Waals surface area contributed by atoms with Gasteiger partial charge in [0.25, 0.3) is 0 Å². The molecule has 1 fully saturated rings. The Morgan fingerprint density at radius 1 is 1.38 bits per heavy atom. The molecule has 2 heteroatoms. The van der Waals surface area contributed by atoms with Crippen LogP contribution in [0, 0.1) is 5.92 Å². The predicted octanol–water partition coefficient (Wildman–Crippen LogP) is 3.36. The van der Waals surface area contributed by atoms with E-state index in [1.54, 1.807) is 0 Å². The van der Waals surface area contributed by atoms with E-state index >= 15 is 0 Å². The van der Waals surface area contributed by atoms with Crippen molar-refractivity contribution < 1.29 is 4.74 Å². The zero-order valence-electron chi connectivity index (χ0n) is 11.3. The summed E-state index contributed by atoms with van der Waals surface area (Å²) in [5.74, 6) is 0.841.